The molecule has 0 bridgehead atoms. The van der Waals surface area contributed by atoms with E-state index >= 15 is 0 Å². The van der Waals surface area contributed by atoms with Crippen LogP contribution < -0.4 is 5.32 Å². The lowest BCUT2D eigenvalue weighted by Gasteiger charge is -2.33. The molecule has 3 nitrogen and oxygen atoms in total. The van der Waals surface area contributed by atoms with Gasteiger partial charge in [-0.2, -0.15) is 0 Å². The van der Waals surface area contributed by atoms with Gasteiger partial charge in [-0.05, 0) is 39.8 Å². The van der Waals surface area contributed by atoms with Crippen molar-refractivity contribution < 1.29 is 5.11 Å². The van der Waals surface area contributed by atoms with Crippen LogP contribution in [0.5, 0.6) is 0 Å². The van der Waals surface area contributed by atoms with Crippen LogP contribution in [0.25, 0.3) is 0 Å². The van der Waals surface area contributed by atoms with Crippen LogP contribution in [0.4, 0.5) is 0 Å². The summed E-state index contributed by atoms with van der Waals surface area (Å²) >= 11 is 0. The molecule has 1 aliphatic rings. The number of hydrogen-bond acceptors (Lipinski definition) is 3. The molecule has 1 atom stereocenters. The molecular weight excluding hydrogens is 188 g/mol. The van der Waals surface area contributed by atoms with Crippen LogP contribution in [0.15, 0.2) is 0 Å². The average molecular weight is 214 g/mol. The van der Waals surface area contributed by atoms with E-state index in [1.807, 2.05) is 13.8 Å². The highest BCUT2D eigenvalue weighted by molar-refractivity contribution is 4.79. The van der Waals surface area contributed by atoms with E-state index < -0.39 is 5.60 Å². The first-order valence-electron chi connectivity index (χ1n) is 6.19. The van der Waals surface area contributed by atoms with Gasteiger partial charge < -0.3 is 10.4 Å². The summed E-state index contributed by atoms with van der Waals surface area (Å²) in [5, 5.41) is 13.3. The van der Waals surface area contributed by atoms with Gasteiger partial charge in [0, 0.05) is 19.1 Å². The Hall–Kier alpha value is -0.120. The first kappa shape index (κ1) is 12.9. The Morgan fingerprint density at radius 3 is 2.60 bits per heavy atom. The summed E-state index contributed by atoms with van der Waals surface area (Å²) in [5.74, 6) is 0. The topological polar surface area (TPSA) is 35.5 Å². The number of likely N-dealkylation sites (N-methyl/N-ethyl adjacent to an activating group) is 1. The van der Waals surface area contributed by atoms with Crippen molar-refractivity contribution in [2.24, 2.45) is 0 Å². The molecule has 1 rings (SSSR count). The van der Waals surface area contributed by atoms with Crippen molar-refractivity contribution in [2.75, 3.05) is 26.2 Å². The Labute approximate surface area is 93.9 Å². The predicted molar refractivity (Wildman–Crippen MR) is 64.1 cm³/mol. The Morgan fingerprint density at radius 2 is 2.13 bits per heavy atom. The highest BCUT2D eigenvalue weighted by Crippen LogP contribution is 2.11. The SMILES string of the molecule is CCN(CC1CCCCN1)CC(C)(C)O. The second-order valence-corrected chi connectivity index (χ2v) is 5.29. The van der Waals surface area contributed by atoms with E-state index in [0.29, 0.717) is 6.04 Å². The molecule has 1 fully saturated rings. The molecule has 0 aliphatic carbocycles. The first-order valence-corrected chi connectivity index (χ1v) is 6.19. The van der Waals surface area contributed by atoms with Crippen molar-refractivity contribution in [1.82, 2.24) is 10.2 Å². The van der Waals surface area contributed by atoms with E-state index in [-0.39, 0.29) is 0 Å². The summed E-state index contributed by atoms with van der Waals surface area (Å²) < 4.78 is 0. The smallest absolute Gasteiger partial charge is 0.0718 e. The van der Waals surface area contributed by atoms with Crippen molar-refractivity contribution >= 4 is 0 Å². The van der Waals surface area contributed by atoms with Gasteiger partial charge in [0.15, 0.2) is 0 Å². The molecule has 0 saturated carbocycles. The zero-order valence-electron chi connectivity index (χ0n) is 10.4. The Morgan fingerprint density at radius 1 is 1.40 bits per heavy atom. The van der Waals surface area contributed by atoms with Gasteiger partial charge in [0.1, 0.15) is 0 Å². The van der Waals surface area contributed by atoms with E-state index in [1.165, 1.54) is 19.3 Å². The fourth-order valence-corrected chi connectivity index (χ4v) is 2.24. The highest BCUT2D eigenvalue weighted by Gasteiger charge is 2.20. The molecule has 1 saturated heterocycles. The monoisotopic (exact) mass is 214 g/mol. The van der Waals surface area contributed by atoms with Gasteiger partial charge in [-0.3, -0.25) is 4.90 Å². The van der Waals surface area contributed by atoms with Crippen molar-refractivity contribution in [3.05, 3.63) is 0 Å². The van der Waals surface area contributed by atoms with Crippen molar-refractivity contribution in [2.45, 2.75) is 51.7 Å². The van der Waals surface area contributed by atoms with Crippen LogP contribution >= 0.6 is 0 Å². The van der Waals surface area contributed by atoms with Crippen molar-refractivity contribution in [3.63, 3.8) is 0 Å². The maximum atomic E-state index is 9.79. The number of nitrogens with zero attached hydrogens (tertiary/aromatic N) is 1. The molecule has 1 aliphatic heterocycles. The van der Waals surface area contributed by atoms with Crippen LogP contribution in [0.2, 0.25) is 0 Å². The van der Waals surface area contributed by atoms with E-state index in [1.54, 1.807) is 0 Å². The molecule has 0 aromatic heterocycles. The van der Waals surface area contributed by atoms with Crippen molar-refractivity contribution in [3.8, 4) is 0 Å². The van der Waals surface area contributed by atoms with Crippen molar-refractivity contribution in [1.29, 1.82) is 0 Å². The molecule has 0 aromatic carbocycles. The molecule has 0 spiro atoms. The highest BCUT2D eigenvalue weighted by atomic mass is 16.3. The van der Waals surface area contributed by atoms with Gasteiger partial charge in [0.25, 0.3) is 0 Å². The average Bonchev–Trinajstić information content (AvgIpc) is 2.16. The van der Waals surface area contributed by atoms with Crippen LogP contribution in [-0.2, 0) is 0 Å². The molecule has 0 radical (unpaired) electrons. The normalized spacial score (nSPS) is 23.4. The lowest BCUT2D eigenvalue weighted by atomic mass is 10.0. The molecule has 90 valence electrons. The third-order valence-corrected chi connectivity index (χ3v) is 2.95. The summed E-state index contributed by atoms with van der Waals surface area (Å²) in [6, 6.07) is 0.626. The maximum absolute atomic E-state index is 9.79. The van der Waals surface area contributed by atoms with Crippen LogP contribution in [0, 0.1) is 0 Å². The van der Waals surface area contributed by atoms with Gasteiger partial charge in [-0.25, -0.2) is 0 Å². The lowest BCUT2D eigenvalue weighted by molar-refractivity contribution is 0.0339. The van der Waals surface area contributed by atoms with Gasteiger partial charge >= 0.3 is 0 Å². The summed E-state index contributed by atoms with van der Waals surface area (Å²) in [7, 11) is 0. The third kappa shape index (κ3) is 5.50. The minimum atomic E-state index is -0.579. The molecular formula is C12H26N2O. The van der Waals surface area contributed by atoms with Gasteiger partial charge in [0.2, 0.25) is 0 Å². The van der Waals surface area contributed by atoms with Crippen LogP contribution in [0.3, 0.4) is 0 Å². The van der Waals surface area contributed by atoms with Crippen LogP contribution in [-0.4, -0.2) is 47.8 Å². The quantitative estimate of drug-likeness (QED) is 0.722. The minimum Gasteiger partial charge on any atom is -0.389 e. The molecule has 0 amide bonds. The Bertz CT molecular complexity index is 171. The predicted octanol–water partition coefficient (Wildman–Crippen LogP) is 1.22. The Balaban J connectivity index is 2.31. The zero-order chi connectivity index (χ0) is 11.3. The summed E-state index contributed by atoms with van der Waals surface area (Å²) in [5.41, 5.74) is -0.579. The van der Waals surface area contributed by atoms with E-state index in [0.717, 1.165) is 26.2 Å². The standard InChI is InChI=1S/C12H26N2O/c1-4-14(10-12(2,3)15)9-11-7-5-6-8-13-11/h11,13,15H,4-10H2,1-3H3. The number of piperidine rings is 1. The number of rotatable bonds is 5. The molecule has 1 heterocycles. The van der Waals surface area contributed by atoms with E-state index in [4.69, 9.17) is 0 Å². The minimum absolute atomic E-state index is 0.579. The van der Waals surface area contributed by atoms with Gasteiger partial charge in [-0.1, -0.05) is 13.3 Å². The van der Waals surface area contributed by atoms with Gasteiger partial charge in [0.05, 0.1) is 5.60 Å². The zero-order valence-corrected chi connectivity index (χ0v) is 10.4. The second kappa shape index (κ2) is 5.83. The number of nitrogens with one attached hydrogen (secondary N) is 1. The van der Waals surface area contributed by atoms with E-state index in [2.05, 4.69) is 17.1 Å². The lowest BCUT2D eigenvalue weighted by Crippen LogP contribution is -2.47. The number of hydrogen-bond donors (Lipinski definition) is 2. The van der Waals surface area contributed by atoms with Crippen LogP contribution in [0.1, 0.15) is 40.0 Å². The molecule has 0 aromatic rings. The number of aliphatic hydroxyl groups is 1. The third-order valence-electron chi connectivity index (χ3n) is 2.95. The molecule has 3 heteroatoms. The molecule has 2 N–H and O–H groups in total. The summed E-state index contributed by atoms with van der Waals surface area (Å²) in [4.78, 5) is 2.34. The fraction of sp³-hybridized carbons (Fsp3) is 1.00. The summed E-state index contributed by atoms with van der Waals surface area (Å²) in [6.07, 6.45) is 3.94. The Kier molecular flexibility index (Phi) is 5.03. The largest absolute Gasteiger partial charge is 0.389 e. The van der Waals surface area contributed by atoms with E-state index in [9.17, 15) is 5.11 Å². The second-order valence-electron chi connectivity index (χ2n) is 5.29. The molecule has 1 unspecified atom stereocenters. The fourth-order valence-electron chi connectivity index (χ4n) is 2.24. The maximum Gasteiger partial charge on any atom is 0.0718 e. The summed E-state index contributed by atoms with van der Waals surface area (Å²) in [6.45, 7) is 9.93. The first-order chi connectivity index (χ1) is 7.01. The molecule has 15 heavy (non-hydrogen) atoms. The van der Waals surface area contributed by atoms with Gasteiger partial charge in [-0.15, -0.1) is 0 Å².